The van der Waals surface area contributed by atoms with Crippen molar-refractivity contribution in [2.24, 2.45) is 0 Å². The molecule has 6 nitrogen and oxygen atoms in total. The van der Waals surface area contributed by atoms with Gasteiger partial charge in [0.25, 0.3) is 5.91 Å². The van der Waals surface area contributed by atoms with Crippen LogP contribution >= 0.6 is 11.6 Å². The lowest BCUT2D eigenvalue weighted by molar-refractivity contribution is -0.137. The van der Waals surface area contributed by atoms with Crippen molar-refractivity contribution in [1.29, 1.82) is 0 Å². The fourth-order valence-electron chi connectivity index (χ4n) is 4.74. The molecule has 0 aromatic heterocycles. The molecule has 1 heterocycles. The van der Waals surface area contributed by atoms with Gasteiger partial charge in [0.1, 0.15) is 12.1 Å². The molecule has 0 saturated carbocycles. The molecule has 0 unspecified atom stereocenters. The van der Waals surface area contributed by atoms with Crippen molar-refractivity contribution < 1.29 is 24.2 Å². The zero-order valence-corrected chi connectivity index (χ0v) is 21.5. The molecule has 3 aromatic rings. The number of hydrogen-bond acceptors (Lipinski definition) is 4. The number of amides is 1. The molecule has 0 saturated heterocycles. The number of carboxylic acids is 1. The zero-order chi connectivity index (χ0) is 25.9. The second kappa shape index (κ2) is 10.6. The third-order valence-corrected chi connectivity index (χ3v) is 6.78. The summed E-state index contributed by atoms with van der Waals surface area (Å²) in [7, 11) is 1.54. The Morgan fingerprint density at radius 1 is 1.14 bits per heavy atom. The minimum absolute atomic E-state index is 0.292. The number of hydrogen-bond donors (Lipinski definition) is 1. The number of nitrogens with zero attached hydrogens (tertiary/aromatic N) is 1. The number of aliphatic carboxylic acids is 1. The lowest BCUT2D eigenvalue weighted by Crippen LogP contribution is -2.37. The monoisotopic (exact) mass is 507 g/mol. The molecule has 4 rings (SSSR count). The van der Waals surface area contributed by atoms with Gasteiger partial charge in [-0.1, -0.05) is 48.0 Å². The maximum absolute atomic E-state index is 13.5. The number of methoxy groups -OCH3 is 1. The van der Waals surface area contributed by atoms with Crippen molar-refractivity contribution in [1.82, 2.24) is 4.90 Å². The average Bonchev–Trinajstić information content (AvgIpc) is 3.18. The fourth-order valence-corrected chi connectivity index (χ4v) is 4.87. The summed E-state index contributed by atoms with van der Waals surface area (Å²) in [5.41, 5.74) is 4.01. The van der Waals surface area contributed by atoms with E-state index in [2.05, 4.69) is 0 Å². The number of carbonyl (C=O) groups excluding carboxylic acids is 1. The van der Waals surface area contributed by atoms with Crippen molar-refractivity contribution in [3.8, 4) is 11.5 Å². The van der Waals surface area contributed by atoms with Crippen LogP contribution in [0.5, 0.6) is 11.5 Å². The summed E-state index contributed by atoms with van der Waals surface area (Å²) < 4.78 is 11.9. The summed E-state index contributed by atoms with van der Waals surface area (Å²) in [6.07, 6.45) is 1.81. The molecule has 1 atom stereocenters. The molecule has 7 heteroatoms. The first-order valence-electron chi connectivity index (χ1n) is 11.9. The summed E-state index contributed by atoms with van der Waals surface area (Å²) in [5, 5.41) is 10.1. The number of benzene rings is 3. The number of carbonyl (C=O) groups is 2. The molecule has 188 valence electrons. The molecule has 0 spiro atoms. The van der Waals surface area contributed by atoms with E-state index in [0.29, 0.717) is 47.9 Å². The van der Waals surface area contributed by atoms with Gasteiger partial charge in [-0.2, -0.15) is 0 Å². The summed E-state index contributed by atoms with van der Waals surface area (Å²) >= 11 is 6.02. The van der Waals surface area contributed by atoms with E-state index in [4.69, 9.17) is 21.1 Å². The van der Waals surface area contributed by atoms with Crippen molar-refractivity contribution in [2.75, 3.05) is 20.2 Å². The first kappa shape index (κ1) is 25.6. The summed E-state index contributed by atoms with van der Waals surface area (Å²) in [6.45, 7) is 3.95. The van der Waals surface area contributed by atoms with Gasteiger partial charge in [-0.15, -0.1) is 0 Å². The van der Waals surface area contributed by atoms with Gasteiger partial charge in [-0.25, -0.2) is 0 Å². The van der Waals surface area contributed by atoms with Crippen LogP contribution in [0.15, 0.2) is 60.7 Å². The largest absolute Gasteiger partial charge is 0.493 e. The van der Waals surface area contributed by atoms with E-state index in [0.717, 1.165) is 22.3 Å². The first-order chi connectivity index (χ1) is 17.2. The van der Waals surface area contributed by atoms with Gasteiger partial charge in [0.15, 0.2) is 11.5 Å². The number of ether oxygens (including phenoxy) is 2. The van der Waals surface area contributed by atoms with Crippen molar-refractivity contribution in [3.05, 3.63) is 93.5 Å². The van der Waals surface area contributed by atoms with Crippen LogP contribution in [0.3, 0.4) is 0 Å². The number of carboxylic acid groups (broad SMARTS) is 1. The molecular weight excluding hydrogens is 478 g/mol. The summed E-state index contributed by atoms with van der Waals surface area (Å²) in [5.74, 6) is -0.321. The zero-order valence-electron chi connectivity index (χ0n) is 20.7. The summed E-state index contributed by atoms with van der Waals surface area (Å²) in [6, 6.07) is 19.0. The molecule has 0 aliphatic carbocycles. The van der Waals surface area contributed by atoms with Gasteiger partial charge < -0.3 is 19.5 Å². The van der Waals surface area contributed by atoms with Crippen LogP contribution in [0, 0.1) is 6.92 Å². The molecule has 1 N–H and O–H groups in total. The van der Waals surface area contributed by atoms with Crippen molar-refractivity contribution in [2.45, 2.75) is 38.7 Å². The van der Waals surface area contributed by atoms with Crippen LogP contribution in [0.25, 0.3) is 0 Å². The molecule has 1 amide bonds. The van der Waals surface area contributed by atoms with E-state index >= 15 is 0 Å². The van der Waals surface area contributed by atoms with Crippen molar-refractivity contribution in [3.63, 3.8) is 0 Å². The molecule has 1 aliphatic rings. The molecule has 3 aromatic carbocycles. The van der Waals surface area contributed by atoms with Gasteiger partial charge in [-0.3, -0.25) is 9.59 Å². The molecule has 0 fully saturated rings. The predicted octanol–water partition coefficient (Wildman–Crippen LogP) is 5.36. The van der Waals surface area contributed by atoms with E-state index in [1.54, 1.807) is 12.1 Å². The molecule has 36 heavy (non-hydrogen) atoms. The van der Waals surface area contributed by atoms with Crippen LogP contribution in [0.2, 0.25) is 5.02 Å². The third kappa shape index (κ3) is 5.82. The highest BCUT2D eigenvalue weighted by Gasteiger charge is 2.38. The Labute approximate surface area is 216 Å². The highest BCUT2D eigenvalue weighted by Crippen LogP contribution is 2.44. The molecular formula is C29H30ClNO5. The predicted molar refractivity (Wildman–Crippen MR) is 139 cm³/mol. The van der Waals surface area contributed by atoms with Gasteiger partial charge >= 0.3 is 5.97 Å². The third-order valence-electron chi connectivity index (χ3n) is 6.53. The van der Waals surface area contributed by atoms with E-state index in [1.165, 1.54) is 12.0 Å². The van der Waals surface area contributed by atoms with Crippen LogP contribution in [0.1, 0.15) is 39.5 Å². The number of aryl methyl sites for hydroxylation is 1. The lowest BCUT2D eigenvalue weighted by atomic mass is 9.91. The maximum atomic E-state index is 13.5. The Morgan fingerprint density at radius 3 is 2.53 bits per heavy atom. The Balaban J connectivity index is 1.57. The average molecular weight is 508 g/mol. The van der Waals surface area contributed by atoms with E-state index in [-0.39, 0.29) is 12.5 Å². The molecule has 1 aliphatic heterocycles. The fraction of sp³-hybridized carbons (Fsp3) is 0.310. The minimum atomic E-state index is -1.06. The van der Waals surface area contributed by atoms with Crippen LogP contribution in [-0.2, 0) is 24.1 Å². The minimum Gasteiger partial charge on any atom is -0.493 e. The number of fused-ring (bicyclic) bond motifs is 1. The van der Waals surface area contributed by atoms with E-state index < -0.39 is 11.6 Å². The summed E-state index contributed by atoms with van der Waals surface area (Å²) in [4.78, 5) is 26.4. The lowest BCUT2D eigenvalue weighted by Gasteiger charge is -2.24. The SMILES string of the molecule is COc1cc(C(=O)N(CCc2ccccc2C)CC(=O)O)cc2c1O[C@@](C)(Cc1ccc(Cl)cc1)C2. The van der Waals surface area contributed by atoms with Gasteiger partial charge in [-0.05, 0) is 61.2 Å². The second-order valence-corrected chi connectivity index (χ2v) is 9.93. The van der Waals surface area contributed by atoms with Crippen molar-refractivity contribution >= 4 is 23.5 Å². The second-order valence-electron chi connectivity index (χ2n) is 9.50. The molecule has 0 radical (unpaired) electrons. The number of rotatable bonds is 9. The Kier molecular flexibility index (Phi) is 7.55. The van der Waals surface area contributed by atoms with E-state index in [9.17, 15) is 14.7 Å². The van der Waals surface area contributed by atoms with Gasteiger partial charge in [0.2, 0.25) is 0 Å². The van der Waals surface area contributed by atoms with Gasteiger partial charge in [0, 0.05) is 35.5 Å². The molecule has 0 bridgehead atoms. The Bertz CT molecular complexity index is 1270. The van der Waals surface area contributed by atoms with Gasteiger partial charge in [0.05, 0.1) is 7.11 Å². The maximum Gasteiger partial charge on any atom is 0.323 e. The number of halogens is 1. The standard InChI is InChI=1S/C29H30ClNO5/c1-19-6-4-5-7-21(19)12-13-31(18-26(32)33)28(34)22-14-23-17-29(2,36-27(23)25(15-22)35-3)16-20-8-10-24(30)11-9-20/h4-11,14-15H,12-13,16-18H2,1-3H3,(H,32,33)/t29-/m0/s1. The highest BCUT2D eigenvalue weighted by atomic mass is 35.5. The highest BCUT2D eigenvalue weighted by molar-refractivity contribution is 6.30. The Morgan fingerprint density at radius 2 is 1.86 bits per heavy atom. The van der Waals surface area contributed by atoms with Crippen LogP contribution in [0.4, 0.5) is 0 Å². The quantitative estimate of drug-likeness (QED) is 0.422. The van der Waals surface area contributed by atoms with Crippen LogP contribution < -0.4 is 9.47 Å². The smallest absolute Gasteiger partial charge is 0.323 e. The normalized spacial score (nSPS) is 16.2. The van der Waals surface area contributed by atoms with E-state index in [1.807, 2.05) is 62.4 Å². The topological polar surface area (TPSA) is 76.1 Å². The Hall–Kier alpha value is -3.51. The van der Waals surface area contributed by atoms with Crippen LogP contribution in [-0.4, -0.2) is 47.7 Å². The first-order valence-corrected chi connectivity index (χ1v) is 12.3.